The zero-order valence-electron chi connectivity index (χ0n) is 7.15. The van der Waals surface area contributed by atoms with Gasteiger partial charge >= 0.3 is 5.97 Å². The average Bonchev–Trinajstić information content (AvgIpc) is 2.56. The predicted molar refractivity (Wildman–Crippen MR) is 56.6 cm³/mol. The van der Waals surface area contributed by atoms with Crippen LogP contribution in [0.3, 0.4) is 0 Å². The Morgan fingerprint density at radius 1 is 1.43 bits per heavy atom. The van der Waals surface area contributed by atoms with E-state index in [4.69, 9.17) is 10.9 Å². The van der Waals surface area contributed by atoms with E-state index in [-0.39, 0.29) is 4.88 Å². The number of nitrogens with two attached hydrogens (primary N) is 1. The van der Waals surface area contributed by atoms with Crippen LogP contribution in [-0.2, 0) is 0 Å². The normalized spacial score (nSPS) is 10.4. The molecule has 0 radical (unpaired) electrons. The SMILES string of the molecule is NNc1c(C(=O)O)sc2ccccc12. The number of carboxylic acids is 1. The number of anilines is 1. The third kappa shape index (κ3) is 1.23. The molecule has 5 heteroatoms. The van der Waals surface area contributed by atoms with Crippen LogP contribution in [0, 0.1) is 0 Å². The van der Waals surface area contributed by atoms with Gasteiger partial charge in [-0.15, -0.1) is 11.3 Å². The Hall–Kier alpha value is -1.59. The number of nitrogen functional groups attached to an aromatic ring is 1. The van der Waals surface area contributed by atoms with Crippen LogP contribution in [0.1, 0.15) is 9.67 Å². The van der Waals surface area contributed by atoms with Crippen molar-refractivity contribution in [2.24, 2.45) is 5.84 Å². The zero-order chi connectivity index (χ0) is 10.1. The van der Waals surface area contributed by atoms with Crippen LogP contribution in [0.2, 0.25) is 0 Å². The summed E-state index contributed by atoms with van der Waals surface area (Å²) < 4.78 is 0.915. The lowest BCUT2D eigenvalue weighted by molar-refractivity contribution is 0.0703. The summed E-state index contributed by atoms with van der Waals surface area (Å²) in [4.78, 5) is 11.1. The average molecular weight is 208 g/mol. The van der Waals surface area contributed by atoms with Gasteiger partial charge in [-0.2, -0.15) is 0 Å². The van der Waals surface area contributed by atoms with Crippen LogP contribution >= 0.6 is 11.3 Å². The molecule has 0 amide bonds. The highest BCUT2D eigenvalue weighted by atomic mass is 32.1. The van der Waals surface area contributed by atoms with Crippen molar-refractivity contribution < 1.29 is 9.90 Å². The van der Waals surface area contributed by atoms with Crippen LogP contribution in [0.25, 0.3) is 10.1 Å². The zero-order valence-corrected chi connectivity index (χ0v) is 7.97. The van der Waals surface area contributed by atoms with Crippen LogP contribution in [0.15, 0.2) is 24.3 Å². The lowest BCUT2D eigenvalue weighted by Crippen LogP contribution is -2.09. The molecule has 72 valence electrons. The van der Waals surface area contributed by atoms with Crippen LogP contribution in [0.5, 0.6) is 0 Å². The maximum Gasteiger partial charge on any atom is 0.348 e. The highest BCUT2D eigenvalue weighted by Gasteiger charge is 2.15. The predicted octanol–water partition coefficient (Wildman–Crippen LogP) is 1.89. The molecule has 2 aromatic rings. The second kappa shape index (κ2) is 3.28. The van der Waals surface area contributed by atoms with Gasteiger partial charge in [0.2, 0.25) is 0 Å². The van der Waals surface area contributed by atoms with Crippen molar-refractivity contribution in [2.45, 2.75) is 0 Å². The van der Waals surface area contributed by atoms with E-state index in [2.05, 4.69) is 5.43 Å². The van der Waals surface area contributed by atoms with Gasteiger partial charge in [0.25, 0.3) is 0 Å². The molecule has 0 fully saturated rings. The van der Waals surface area contributed by atoms with Crippen molar-refractivity contribution >= 4 is 33.1 Å². The molecule has 0 aliphatic heterocycles. The maximum atomic E-state index is 10.9. The molecule has 0 aliphatic rings. The Morgan fingerprint density at radius 3 is 2.79 bits per heavy atom. The Bertz CT molecular complexity index is 493. The number of thiophene rings is 1. The smallest absolute Gasteiger partial charge is 0.348 e. The van der Waals surface area contributed by atoms with Crippen molar-refractivity contribution in [2.75, 3.05) is 5.43 Å². The first-order valence-corrected chi connectivity index (χ1v) is 4.77. The fourth-order valence-corrected chi connectivity index (χ4v) is 2.34. The van der Waals surface area contributed by atoms with Crippen LogP contribution < -0.4 is 11.3 Å². The number of hydrogen-bond donors (Lipinski definition) is 3. The highest BCUT2D eigenvalue weighted by molar-refractivity contribution is 7.21. The molecule has 0 saturated heterocycles. The minimum absolute atomic E-state index is 0.244. The summed E-state index contributed by atoms with van der Waals surface area (Å²) in [5.74, 6) is 4.33. The van der Waals surface area contributed by atoms with Gasteiger partial charge < -0.3 is 10.5 Å². The number of benzene rings is 1. The molecule has 1 heterocycles. The summed E-state index contributed by atoms with van der Waals surface area (Å²) >= 11 is 1.21. The molecule has 0 unspecified atom stereocenters. The first-order chi connectivity index (χ1) is 6.74. The van der Waals surface area contributed by atoms with E-state index in [1.165, 1.54) is 11.3 Å². The van der Waals surface area contributed by atoms with E-state index in [1.807, 2.05) is 24.3 Å². The molecule has 4 nitrogen and oxygen atoms in total. The van der Waals surface area contributed by atoms with E-state index < -0.39 is 5.97 Å². The van der Waals surface area contributed by atoms with Crippen LogP contribution in [-0.4, -0.2) is 11.1 Å². The van der Waals surface area contributed by atoms with E-state index >= 15 is 0 Å². The van der Waals surface area contributed by atoms with Crippen molar-refractivity contribution in [3.05, 3.63) is 29.1 Å². The third-order valence-corrected chi connectivity index (χ3v) is 3.09. The van der Waals surface area contributed by atoms with Crippen molar-refractivity contribution in [3.63, 3.8) is 0 Å². The molecule has 1 aromatic heterocycles. The van der Waals surface area contributed by atoms with E-state index in [0.29, 0.717) is 5.69 Å². The number of hydrogen-bond acceptors (Lipinski definition) is 4. The first-order valence-electron chi connectivity index (χ1n) is 3.95. The molecule has 0 saturated carbocycles. The molecular formula is C9H8N2O2S. The standard InChI is InChI=1S/C9H8N2O2S/c10-11-7-5-3-1-2-4-6(5)14-8(7)9(12)13/h1-4,11H,10H2,(H,12,13). The molecule has 0 aliphatic carbocycles. The van der Waals surface area contributed by atoms with Crippen molar-refractivity contribution in [1.29, 1.82) is 0 Å². The van der Waals surface area contributed by atoms with E-state index in [1.54, 1.807) is 0 Å². The van der Waals surface area contributed by atoms with E-state index in [9.17, 15) is 4.79 Å². The topological polar surface area (TPSA) is 75.3 Å². The van der Waals surface area contributed by atoms with Crippen molar-refractivity contribution in [3.8, 4) is 0 Å². The fraction of sp³-hybridized carbons (Fsp3) is 0. The second-order valence-electron chi connectivity index (χ2n) is 2.75. The van der Waals surface area contributed by atoms with Crippen LogP contribution in [0.4, 0.5) is 5.69 Å². The quantitative estimate of drug-likeness (QED) is 0.520. The van der Waals surface area contributed by atoms with Crippen molar-refractivity contribution in [1.82, 2.24) is 0 Å². The summed E-state index contributed by atoms with van der Waals surface area (Å²) in [5.41, 5.74) is 2.91. The Balaban J connectivity index is 2.78. The van der Waals surface area contributed by atoms with Gasteiger partial charge in [0.1, 0.15) is 4.88 Å². The number of carbonyl (C=O) groups is 1. The highest BCUT2D eigenvalue weighted by Crippen LogP contribution is 2.34. The third-order valence-electron chi connectivity index (χ3n) is 1.93. The number of hydrazine groups is 1. The number of aromatic carboxylic acids is 1. The lowest BCUT2D eigenvalue weighted by Gasteiger charge is -1.98. The Morgan fingerprint density at radius 2 is 2.14 bits per heavy atom. The van der Waals surface area contributed by atoms with Gasteiger partial charge in [-0.3, -0.25) is 5.84 Å². The minimum Gasteiger partial charge on any atom is -0.477 e. The van der Waals surface area contributed by atoms with E-state index in [0.717, 1.165) is 10.1 Å². The summed E-state index contributed by atoms with van der Waals surface area (Å²) in [5, 5.41) is 9.76. The summed E-state index contributed by atoms with van der Waals surface area (Å²) in [6.07, 6.45) is 0. The summed E-state index contributed by atoms with van der Waals surface area (Å²) in [6, 6.07) is 7.42. The number of rotatable bonds is 2. The molecule has 0 atom stereocenters. The monoisotopic (exact) mass is 208 g/mol. The second-order valence-corrected chi connectivity index (χ2v) is 3.80. The molecule has 1 aromatic carbocycles. The molecular weight excluding hydrogens is 200 g/mol. The van der Waals surface area contributed by atoms with Gasteiger partial charge in [0.05, 0.1) is 5.69 Å². The first kappa shape index (κ1) is 8.98. The summed E-state index contributed by atoms with van der Waals surface area (Å²) in [7, 11) is 0. The summed E-state index contributed by atoms with van der Waals surface area (Å²) in [6.45, 7) is 0. The minimum atomic E-state index is -0.959. The number of nitrogens with one attached hydrogen (secondary N) is 1. The van der Waals surface area contributed by atoms with Gasteiger partial charge in [-0.25, -0.2) is 4.79 Å². The molecule has 0 bridgehead atoms. The number of fused-ring (bicyclic) bond motifs is 1. The Kier molecular flexibility index (Phi) is 2.11. The largest absolute Gasteiger partial charge is 0.477 e. The van der Waals surface area contributed by atoms with Gasteiger partial charge in [-0.05, 0) is 6.07 Å². The molecule has 0 spiro atoms. The molecule has 14 heavy (non-hydrogen) atoms. The number of carboxylic acid groups (broad SMARTS) is 1. The van der Waals surface area contributed by atoms with Gasteiger partial charge in [-0.1, -0.05) is 18.2 Å². The fourth-order valence-electron chi connectivity index (χ4n) is 1.34. The lowest BCUT2D eigenvalue weighted by atomic mass is 10.2. The molecule has 2 rings (SSSR count). The maximum absolute atomic E-state index is 10.9. The van der Waals surface area contributed by atoms with Gasteiger partial charge in [0.15, 0.2) is 0 Å². The van der Waals surface area contributed by atoms with Gasteiger partial charge in [0, 0.05) is 10.1 Å². The molecule has 4 N–H and O–H groups in total. The Labute approximate surface area is 83.9 Å².